The number of rotatable bonds is 6. The number of benzene rings is 2. The van der Waals surface area contributed by atoms with Crippen molar-refractivity contribution in [2.45, 2.75) is 12.5 Å². The molecule has 1 atom stereocenters. The molecule has 0 saturated carbocycles. The first-order chi connectivity index (χ1) is 13.3. The van der Waals surface area contributed by atoms with Gasteiger partial charge in [0, 0.05) is 16.1 Å². The van der Waals surface area contributed by atoms with Crippen LogP contribution in [0.1, 0.15) is 28.5 Å². The molecule has 0 unspecified atom stereocenters. The molecular weight excluding hydrogens is 405 g/mol. The van der Waals surface area contributed by atoms with Crippen LogP contribution in [0.25, 0.3) is 5.69 Å². The van der Waals surface area contributed by atoms with Gasteiger partial charge in [0.15, 0.2) is 0 Å². The average Bonchev–Trinajstić information content (AvgIpc) is 3.03. The molecule has 0 saturated heterocycles. The Morgan fingerprint density at radius 2 is 1.79 bits per heavy atom. The Labute approximate surface area is 169 Å². The molecule has 144 valence electrons. The van der Waals surface area contributed by atoms with E-state index in [1.54, 1.807) is 48.5 Å². The average molecular weight is 420 g/mol. The van der Waals surface area contributed by atoms with E-state index in [0.29, 0.717) is 21.3 Å². The first-order valence-electron chi connectivity index (χ1n) is 8.19. The lowest BCUT2D eigenvalue weighted by Crippen LogP contribution is -2.30. The number of hydrogen-bond acceptors (Lipinski definition) is 3. The summed E-state index contributed by atoms with van der Waals surface area (Å²) < 4.78 is 1.19. The molecule has 28 heavy (non-hydrogen) atoms. The molecule has 0 spiro atoms. The molecule has 0 fully saturated rings. The third-order valence-corrected chi connectivity index (χ3v) is 4.47. The van der Waals surface area contributed by atoms with Gasteiger partial charge in [-0.15, -0.1) is 0 Å². The number of carbonyl (C=O) groups excluding carboxylic acids is 1. The summed E-state index contributed by atoms with van der Waals surface area (Å²) in [5, 5.41) is 15.4. The van der Waals surface area contributed by atoms with E-state index in [4.69, 9.17) is 28.3 Å². The fourth-order valence-electron chi connectivity index (χ4n) is 2.68. The third kappa shape index (κ3) is 4.62. The number of carbonyl (C=O) groups is 2. The summed E-state index contributed by atoms with van der Waals surface area (Å²) in [5.74, 6) is -1.70. The van der Waals surface area contributed by atoms with Crippen molar-refractivity contribution in [1.29, 1.82) is 0 Å². The van der Waals surface area contributed by atoms with Crippen molar-refractivity contribution in [3.05, 3.63) is 86.3 Å². The first kappa shape index (κ1) is 19.7. The van der Waals surface area contributed by atoms with E-state index in [-0.39, 0.29) is 12.1 Å². The van der Waals surface area contributed by atoms with E-state index in [1.165, 1.54) is 4.68 Å². The van der Waals surface area contributed by atoms with Gasteiger partial charge in [0.25, 0.3) is 11.5 Å². The van der Waals surface area contributed by atoms with E-state index in [1.807, 2.05) is 0 Å². The lowest BCUT2D eigenvalue weighted by molar-refractivity contribution is -0.137. The summed E-state index contributed by atoms with van der Waals surface area (Å²) in [7, 11) is 0. The number of halogens is 2. The van der Waals surface area contributed by atoms with Crippen LogP contribution in [0.2, 0.25) is 10.0 Å². The van der Waals surface area contributed by atoms with Crippen LogP contribution in [0.5, 0.6) is 0 Å². The standard InChI is InChI=1S/C19H15Cl2N3O4/c20-12-4-6-14(7-5-12)24-17(25)9-16(23-24)19(28)22-15(10-18(26)27)11-2-1-3-13(21)8-11/h1-9,15,23H,10H2,(H,22,28)(H,26,27)/t15-/m0/s1. The minimum Gasteiger partial charge on any atom is -0.481 e. The van der Waals surface area contributed by atoms with Crippen molar-refractivity contribution in [1.82, 2.24) is 15.1 Å². The Balaban J connectivity index is 1.86. The number of H-pyrrole nitrogens is 1. The summed E-state index contributed by atoms with van der Waals surface area (Å²) in [6, 6.07) is 13.4. The Bertz CT molecular complexity index is 1070. The molecular formula is C19H15Cl2N3O4. The van der Waals surface area contributed by atoms with E-state index >= 15 is 0 Å². The summed E-state index contributed by atoms with van der Waals surface area (Å²) >= 11 is 11.8. The van der Waals surface area contributed by atoms with Gasteiger partial charge >= 0.3 is 5.97 Å². The van der Waals surface area contributed by atoms with E-state index in [0.717, 1.165) is 6.07 Å². The second kappa shape index (κ2) is 8.33. The van der Waals surface area contributed by atoms with Crippen molar-refractivity contribution in [3.63, 3.8) is 0 Å². The number of nitrogens with zero attached hydrogens (tertiary/aromatic N) is 1. The Hall–Kier alpha value is -3.03. The molecule has 2 aromatic carbocycles. The molecule has 1 aromatic heterocycles. The van der Waals surface area contributed by atoms with Crippen molar-refractivity contribution < 1.29 is 14.7 Å². The second-order valence-corrected chi connectivity index (χ2v) is 6.87. The first-order valence-corrected chi connectivity index (χ1v) is 8.95. The highest BCUT2D eigenvalue weighted by atomic mass is 35.5. The molecule has 0 radical (unpaired) electrons. The molecule has 7 nitrogen and oxygen atoms in total. The zero-order valence-corrected chi connectivity index (χ0v) is 15.9. The lowest BCUT2D eigenvalue weighted by atomic mass is 10.0. The number of aromatic nitrogens is 2. The monoisotopic (exact) mass is 419 g/mol. The number of hydrogen-bond donors (Lipinski definition) is 3. The van der Waals surface area contributed by atoms with E-state index in [9.17, 15) is 14.4 Å². The zero-order valence-electron chi connectivity index (χ0n) is 14.4. The van der Waals surface area contributed by atoms with Crippen molar-refractivity contribution in [2.24, 2.45) is 0 Å². The second-order valence-electron chi connectivity index (χ2n) is 6.00. The fourth-order valence-corrected chi connectivity index (χ4v) is 3.01. The van der Waals surface area contributed by atoms with Crippen molar-refractivity contribution in [2.75, 3.05) is 0 Å². The van der Waals surface area contributed by atoms with Crippen LogP contribution in [0.3, 0.4) is 0 Å². The van der Waals surface area contributed by atoms with Crippen LogP contribution in [0.15, 0.2) is 59.4 Å². The summed E-state index contributed by atoms with van der Waals surface area (Å²) in [4.78, 5) is 36.0. The molecule has 3 aromatic rings. The van der Waals surface area contributed by atoms with Crippen LogP contribution in [0.4, 0.5) is 0 Å². The normalized spacial score (nSPS) is 11.8. The van der Waals surface area contributed by atoms with Gasteiger partial charge in [-0.2, -0.15) is 0 Å². The Kier molecular flexibility index (Phi) is 5.87. The van der Waals surface area contributed by atoms with Crippen LogP contribution in [-0.2, 0) is 4.79 Å². The molecule has 1 heterocycles. The maximum absolute atomic E-state index is 12.6. The van der Waals surface area contributed by atoms with Crippen molar-refractivity contribution >= 4 is 35.1 Å². The molecule has 0 aliphatic heterocycles. The highest BCUT2D eigenvalue weighted by molar-refractivity contribution is 6.30. The maximum Gasteiger partial charge on any atom is 0.305 e. The van der Waals surface area contributed by atoms with Crippen LogP contribution < -0.4 is 10.9 Å². The summed E-state index contributed by atoms with van der Waals surface area (Å²) in [5.41, 5.74) is 0.607. The molecule has 3 N–H and O–H groups in total. The molecule has 0 aliphatic carbocycles. The topological polar surface area (TPSA) is 104 Å². The Morgan fingerprint density at radius 1 is 1.07 bits per heavy atom. The Morgan fingerprint density at radius 3 is 2.43 bits per heavy atom. The quantitative estimate of drug-likeness (QED) is 0.569. The minimum atomic E-state index is -1.09. The number of carboxylic acids is 1. The predicted molar refractivity (Wildman–Crippen MR) is 105 cm³/mol. The number of carboxylic acid groups (broad SMARTS) is 1. The van der Waals surface area contributed by atoms with Gasteiger partial charge in [-0.05, 0) is 42.0 Å². The summed E-state index contributed by atoms with van der Waals surface area (Å²) in [6.07, 6.45) is -0.339. The number of aliphatic carboxylic acids is 1. The minimum absolute atomic E-state index is 0.00244. The number of aromatic amines is 1. The molecule has 0 aliphatic rings. The van der Waals surface area contributed by atoms with Gasteiger partial charge < -0.3 is 10.4 Å². The maximum atomic E-state index is 12.6. The van der Waals surface area contributed by atoms with Crippen LogP contribution in [0, 0.1) is 0 Å². The van der Waals surface area contributed by atoms with Gasteiger partial charge in [-0.25, -0.2) is 4.68 Å². The highest BCUT2D eigenvalue weighted by Crippen LogP contribution is 2.21. The fraction of sp³-hybridized carbons (Fsp3) is 0.105. The smallest absolute Gasteiger partial charge is 0.305 e. The van der Waals surface area contributed by atoms with Gasteiger partial charge in [0.2, 0.25) is 0 Å². The third-order valence-electron chi connectivity index (χ3n) is 3.99. The van der Waals surface area contributed by atoms with Gasteiger partial charge in [-0.3, -0.25) is 19.5 Å². The summed E-state index contributed by atoms with van der Waals surface area (Å²) in [6.45, 7) is 0. The molecule has 9 heteroatoms. The number of nitrogens with one attached hydrogen (secondary N) is 2. The lowest BCUT2D eigenvalue weighted by Gasteiger charge is -2.17. The van der Waals surface area contributed by atoms with Gasteiger partial charge in [-0.1, -0.05) is 35.3 Å². The van der Waals surface area contributed by atoms with E-state index in [2.05, 4.69) is 10.4 Å². The van der Waals surface area contributed by atoms with Gasteiger partial charge in [0.1, 0.15) is 5.69 Å². The largest absolute Gasteiger partial charge is 0.481 e. The molecule has 3 rings (SSSR count). The van der Waals surface area contributed by atoms with E-state index < -0.39 is 23.5 Å². The number of amides is 1. The van der Waals surface area contributed by atoms with Crippen molar-refractivity contribution in [3.8, 4) is 5.69 Å². The van der Waals surface area contributed by atoms with Gasteiger partial charge in [0.05, 0.1) is 18.2 Å². The predicted octanol–water partition coefficient (Wildman–Crippen LogP) is 3.42. The van der Waals surface area contributed by atoms with Crippen LogP contribution >= 0.6 is 23.2 Å². The highest BCUT2D eigenvalue weighted by Gasteiger charge is 2.21. The SMILES string of the molecule is O=C(O)C[C@H](NC(=O)c1cc(=O)n(-c2ccc(Cl)cc2)[nH]1)c1cccc(Cl)c1. The molecule has 1 amide bonds. The van der Waals surface area contributed by atoms with Crippen LogP contribution in [-0.4, -0.2) is 26.8 Å². The molecule has 0 bridgehead atoms. The zero-order chi connectivity index (χ0) is 20.3.